The van der Waals surface area contributed by atoms with Crippen LogP contribution in [0.4, 0.5) is 5.95 Å². The summed E-state index contributed by atoms with van der Waals surface area (Å²) in [6.45, 7) is 3.96. The zero-order chi connectivity index (χ0) is 19.7. The van der Waals surface area contributed by atoms with Crippen LogP contribution in [0.3, 0.4) is 0 Å². The van der Waals surface area contributed by atoms with Gasteiger partial charge in [0.25, 0.3) is 11.5 Å². The summed E-state index contributed by atoms with van der Waals surface area (Å²) in [7, 11) is 0. The normalized spacial score (nSPS) is 11.1. The maximum Gasteiger partial charge on any atom is 0.262 e. The second-order valence-electron chi connectivity index (χ2n) is 6.75. The number of carbonyl (C=O) groups excluding carboxylic acids is 1. The quantitative estimate of drug-likeness (QED) is 0.573. The van der Waals surface area contributed by atoms with Crippen LogP contribution in [0.15, 0.2) is 65.6 Å². The second kappa shape index (κ2) is 7.11. The van der Waals surface area contributed by atoms with Crippen LogP contribution < -0.4 is 10.9 Å². The van der Waals surface area contributed by atoms with Crippen molar-refractivity contribution in [3.05, 3.63) is 82.5 Å². The van der Waals surface area contributed by atoms with Crippen molar-refractivity contribution in [2.24, 2.45) is 0 Å². The molecule has 2 N–H and O–H groups in total. The molecule has 2 heterocycles. The Kier molecular flexibility index (Phi) is 4.49. The summed E-state index contributed by atoms with van der Waals surface area (Å²) in [4.78, 5) is 30.2. The van der Waals surface area contributed by atoms with Gasteiger partial charge in [0.2, 0.25) is 5.95 Å². The number of amides is 1. The predicted octanol–water partition coefficient (Wildman–Crippen LogP) is 3.48. The number of nitrogens with zero attached hydrogens (tertiary/aromatic N) is 3. The van der Waals surface area contributed by atoms with Gasteiger partial charge in [-0.3, -0.25) is 24.6 Å². The maximum atomic E-state index is 13.0. The lowest BCUT2D eigenvalue weighted by Gasteiger charge is -2.12. The largest absolute Gasteiger partial charge is 0.289 e. The molecule has 4 rings (SSSR count). The summed E-state index contributed by atoms with van der Waals surface area (Å²) in [5.74, 6) is 0.679. The topological polar surface area (TPSA) is 92.7 Å². The lowest BCUT2D eigenvalue weighted by atomic mass is 10.1. The van der Waals surface area contributed by atoms with Crippen LogP contribution in [-0.4, -0.2) is 25.7 Å². The third-order valence-corrected chi connectivity index (χ3v) is 4.48. The van der Waals surface area contributed by atoms with E-state index in [1.807, 2.05) is 44.2 Å². The number of para-hydroxylation sites is 1. The van der Waals surface area contributed by atoms with Crippen molar-refractivity contribution in [2.45, 2.75) is 19.8 Å². The highest BCUT2D eigenvalue weighted by atomic mass is 16.2. The molecule has 2 aromatic heterocycles. The van der Waals surface area contributed by atoms with E-state index in [-0.39, 0.29) is 23.3 Å². The number of nitrogens with one attached hydrogen (secondary N) is 2. The van der Waals surface area contributed by atoms with Crippen molar-refractivity contribution in [3.63, 3.8) is 0 Å². The van der Waals surface area contributed by atoms with E-state index in [4.69, 9.17) is 0 Å². The molecule has 0 saturated carbocycles. The monoisotopic (exact) mass is 373 g/mol. The van der Waals surface area contributed by atoms with Crippen LogP contribution in [0.5, 0.6) is 0 Å². The molecule has 0 spiro atoms. The van der Waals surface area contributed by atoms with Crippen LogP contribution in [-0.2, 0) is 0 Å². The van der Waals surface area contributed by atoms with Crippen LogP contribution in [0, 0.1) is 0 Å². The lowest BCUT2D eigenvalue weighted by Crippen LogP contribution is -2.23. The third-order valence-electron chi connectivity index (χ3n) is 4.48. The van der Waals surface area contributed by atoms with Crippen molar-refractivity contribution in [1.29, 1.82) is 0 Å². The number of carbonyl (C=O) groups is 1. The molecule has 0 aliphatic heterocycles. The molecule has 0 unspecified atom stereocenters. The molecule has 0 aliphatic rings. The van der Waals surface area contributed by atoms with Crippen LogP contribution in [0.2, 0.25) is 0 Å². The van der Waals surface area contributed by atoms with Gasteiger partial charge in [0.05, 0.1) is 5.56 Å². The number of hydrogen-bond donors (Lipinski definition) is 2. The van der Waals surface area contributed by atoms with Crippen molar-refractivity contribution in [1.82, 2.24) is 19.7 Å². The predicted molar refractivity (Wildman–Crippen MR) is 108 cm³/mol. The molecule has 1 amide bonds. The molecule has 0 aliphatic carbocycles. The van der Waals surface area contributed by atoms with Crippen molar-refractivity contribution >= 4 is 22.6 Å². The van der Waals surface area contributed by atoms with Crippen molar-refractivity contribution in [3.8, 4) is 5.69 Å². The first-order valence-electron chi connectivity index (χ1n) is 8.98. The van der Waals surface area contributed by atoms with Crippen LogP contribution >= 0.6 is 0 Å². The van der Waals surface area contributed by atoms with Crippen LogP contribution in [0.25, 0.3) is 16.5 Å². The average Bonchev–Trinajstić information content (AvgIpc) is 3.18. The van der Waals surface area contributed by atoms with Crippen LogP contribution in [0.1, 0.15) is 35.9 Å². The van der Waals surface area contributed by atoms with E-state index in [0.717, 1.165) is 0 Å². The molecule has 7 heteroatoms. The first-order chi connectivity index (χ1) is 13.5. The van der Waals surface area contributed by atoms with Crippen molar-refractivity contribution < 1.29 is 4.79 Å². The number of H-pyrrole nitrogens is 1. The van der Waals surface area contributed by atoms with Gasteiger partial charge in [-0.2, -0.15) is 4.98 Å². The first kappa shape index (κ1) is 17.7. The van der Waals surface area contributed by atoms with E-state index in [2.05, 4.69) is 20.5 Å². The number of pyridine rings is 1. The minimum Gasteiger partial charge on any atom is -0.289 e. The molecular formula is C21H19N5O2. The highest BCUT2D eigenvalue weighted by molar-refractivity contribution is 6.12. The molecule has 0 radical (unpaired) electrons. The second-order valence-corrected chi connectivity index (χ2v) is 6.75. The molecule has 2 aromatic carbocycles. The molecule has 140 valence electrons. The summed E-state index contributed by atoms with van der Waals surface area (Å²) >= 11 is 0. The maximum absolute atomic E-state index is 13.0. The van der Waals surface area contributed by atoms with E-state index in [0.29, 0.717) is 27.8 Å². The van der Waals surface area contributed by atoms with E-state index >= 15 is 0 Å². The fraction of sp³-hybridized carbons (Fsp3) is 0.143. The average molecular weight is 373 g/mol. The van der Waals surface area contributed by atoms with E-state index in [1.54, 1.807) is 30.5 Å². The zero-order valence-electron chi connectivity index (χ0n) is 15.5. The molecule has 0 atom stereocenters. The molecule has 0 fully saturated rings. The minimum atomic E-state index is -0.379. The smallest absolute Gasteiger partial charge is 0.262 e. The Balaban J connectivity index is 1.82. The number of benzene rings is 2. The molecule has 4 aromatic rings. The standard InChI is InChI=1S/C21H19N5O2/c1-13(2)18-22-21(25-24-18)23-19(27)17-12-26(14-8-4-3-5-9-14)20(28)16-11-7-6-10-15(16)17/h3-13H,1-2H3,(H2,22,23,24,25,27). The highest BCUT2D eigenvalue weighted by Gasteiger charge is 2.17. The zero-order valence-corrected chi connectivity index (χ0v) is 15.5. The molecule has 0 bridgehead atoms. The van der Waals surface area contributed by atoms with Gasteiger partial charge in [0.1, 0.15) is 5.82 Å². The summed E-state index contributed by atoms with van der Waals surface area (Å²) in [5.41, 5.74) is 0.876. The Hall–Kier alpha value is -3.74. The van der Waals surface area contributed by atoms with Gasteiger partial charge >= 0.3 is 0 Å². The van der Waals surface area contributed by atoms with E-state index in [1.165, 1.54) is 4.57 Å². The SMILES string of the molecule is CC(C)c1nc(NC(=O)c2cn(-c3ccccc3)c(=O)c3ccccc23)n[nH]1. The van der Waals surface area contributed by atoms with Gasteiger partial charge in [-0.05, 0) is 18.2 Å². The number of hydrogen-bond acceptors (Lipinski definition) is 4. The Morgan fingerprint density at radius 1 is 1.04 bits per heavy atom. The fourth-order valence-corrected chi connectivity index (χ4v) is 3.01. The lowest BCUT2D eigenvalue weighted by molar-refractivity contribution is 0.102. The Labute approximate surface area is 161 Å². The minimum absolute atomic E-state index is 0.166. The van der Waals surface area contributed by atoms with Gasteiger partial charge in [-0.1, -0.05) is 50.2 Å². The van der Waals surface area contributed by atoms with Gasteiger partial charge in [-0.15, -0.1) is 5.10 Å². The summed E-state index contributed by atoms with van der Waals surface area (Å²) < 4.78 is 1.48. The van der Waals surface area contributed by atoms with Gasteiger partial charge in [0.15, 0.2) is 0 Å². The Morgan fingerprint density at radius 3 is 2.39 bits per heavy atom. The van der Waals surface area contributed by atoms with Gasteiger partial charge in [-0.25, -0.2) is 0 Å². The van der Waals surface area contributed by atoms with Gasteiger partial charge < -0.3 is 0 Å². The highest BCUT2D eigenvalue weighted by Crippen LogP contribution is 2.19. The fourth-order valence-electron chi connectivity index (χ4n) is 3.01. The molecular weight excluding hydrogens is 354 g/mol. The molecule has 28 heavy (non-hydrogen) atoms. The van der Waals surface area contributed by atoms with E-state index in [9.17, 15) is 9.59 Å². The number of anilines is 1. The molecule has 7 nitrogen and oxygen atoms in total. The van der Waals surface area contributed by atoms with Crippen molar-refractivity contribution in [2.75, 3.05) is 5.32 Å². The third kappa shape index (κ3) is 3.18. The number of aromatic nitrogens is 4. The summed E-state index contributed by atoms with van der Waals surface area (Å²) in [5, 5.41) is 10.6. The molecule has 0 saturated heterocycles. The number of aromatic amines is 1. The Morgan fingerprint density at radius 2 is 1.71 bits per heavy atom. The summed E-state index contributed by atoms with van der Waals surface area (Å²) in [6, 6.07) is 16.3. The number of rotatable bonds is 4. The van der Waals surface area contributed by atoms with E-state index < -0.39 is 0 Å². The summed E-state index contributed by atoms with van der Waals surface area (Å²) in [6.07, 6.45) is 1.56. The Bertz CT molecular complexity index is 1210. The van der Waals surface area contributed by atoms with Gasteiger partial charge in [0, 0.05) is 28.6 Å². The number of fused-ring (bicyclic) bond motifs is 1. The first-order valence-corrected chi connectivity index (χ1v) is 8.98.